The molecule has 1 heterocycles. The average Bonchev–Trinajstić information content (AvgIpc) is 2.85. The Morgan fingerprint density at radius 1 is 1.28 bits per heavy atom. The second-order valence-electron chi connectivity index (χ2n) is 4.03. The first kappa shape index (κ1) is 13.1. The Hall–Kier alpha value is -1.39. The summed E-state index contributed by atoms with van der Waals surface area (Å²) in [7, 11) is 1.68. The smallest absolute Gasteiger partial charge is 0.118 e. The number of hydrogen-bond acceptors (Lipinski definition) is 4. The minimum atomic E-state index is 0.890. The Balaban J connectivity index is 1.97. The Morgan fingerprint density at radius 3 is 2.72 bits per heavy atom. The summed E-state index contributed by atoms with van der Waals surface area (Å²) in [6.07, 6.45) is 2.85. The van der Waals surface area contributed by atoms with E-state index in [2.05, 4.69) is 29.4 Å². The maximum Gasteiger partial charge on any atom is 0.118 e. The summed E-state index contributed by atoms with van der Waals surface area (Å²) in [4.78, 5) is 5.75. The summed E-state index contributed by atoms with van der Waals surface area (Å²) in [5, 5.41) is 4.47. The van der Waals surface area contributed by atoms with Crippen LogP contribution in [0.15, 0.2) is 30.5 Å². The number of rotatable bonds is 6. The average molecular weight is 262 g/mol. The third-order valence-corrected chi connectivity index (χ3v) is 3.66. The summed E-state index contributed by atoms with van der Waals surface area (Å²) in [5.41, 5.74) is 1.26. The molecule has 2 aromatic rings. The first-order chi connectivity index (χ1) is 8.81. The van der Waals surface area contributed by atoms with E-state index in [4.69, 9.17) is 4.74 Å². The molecule has 0 aliphatic carbocycles. The second kappa shape index (κ2) is 6.52. The zero-order valence-electron chi connectivity index (χ0n) is 10.8. The van der Waals surface area contributed by atoms with Gasteiger partial charge in [-0.2, -0.15) is 0 Å². The molecule has 96 valence electrons. The fraction of sp³-hybridized carbons (Fsp3) is 0.357. The summed E-state index contributed by atoms with van der Waals surface area (Å²) in [6, 6.07) is 8.15. The van der Waals surface area contributed by atoms with Crippen molar-refractivity contribution in [3.05, 3.63) is 45.9 Å². The molecule has 3 nitrogen and oxygen atoms in total. The second-order valence-corrected chi connectivity index (χ2v) is 5.23. The Kier molecular flexibility index (Phi) is 4.73. The zero-order valence-corrected chi connectivity index (χ0v) is 11.6. The van der Waals surface area contributed by atoms with Crippen LogP contribution in [0.5, 0.6) is 5.75 Å². The van der Waals surface area contributed by atoms with Gasteiger partial charge in [0.15, 0.2) is 0 Å². The lowest BCUT2D eigenvalue weighted by Crippen LogP contribution is -2.10. The quantitative estimate of drug-likeness (QED) is 0.869. The van der Waals surface area contributed by atoms with Gasteiger partial charge in [-0.15, -0.1) is 11.3 Å². The highest BCUT2D eigenvalue weighted by atomic mass is 32.1. The lowest BCUT2D eigenvalue weighted by atomic mass is 10.1. The van der Waals surface area contributed by atoms with E-state index in [1.54, 1.807) is 18.4 Å². The molecular weight excluding hydrogens is 244 g/mol. The normalized spacial score (nSPS) is 10.6. The van der Waals surface area contributed by atoms with E-state index in [1.807, 2.05) is 18.3 Å². The minimum Gasteiger partial charge on any atom is -0.497 e. The molecule has 18 heavy (non-hydrogen) atoms. The number of benzene rings is 1. The highest BCUT2D eigenvalue weighted by molar-refractivity contribution is 7.11. The maximum absolute atomic E-state index is 5.15. The number of hydrogen-bond donors (Lipinski definition) is 1. The van der Waals surface area contributed by atoms with E-state index >= 15 is 0 Å². The molecule has 0 atom stereocenters. The number of ether oxygens (including phenoxy) is 1. The van der Waals surface area contributed by atoms with Gasteiger partial charge >= 0.3 is 0 Å². The van der Waals surface area contributed by atoms with Crippen molar-refractivity contribution >= 4 is 11.3 Å². The molecule has 0 saturated carbocycles. The monoisotopic (exact) mass is 262 g/mol. The molecule has 0 aliphatic rings. The van der Waals surface area contributed by atoms with Crippen molar-refractivity contribution in [3.8, 4) is 5.75 Å². The molecule has 0 spiro atoms. The predicted octanol–water partition coefficient (Wildman–Crippen LogP) is 2.85. The molecule has 1 aromatic heterocycles. The van der Waals surface area contributed by atoms with E-state index in [1.165, 1.54) is 10.4 Å². The van der Waals surface area contributed by atoms with Gasteiger partial charge in [-0.3, -0.25) is 0 Å². The van der Waals surface area contributed by atoms with Crippen molar-refractivity contribution in [1.29, 1.82) is 0 Å². The molecule has 1 aromatic carbocycles. The third kappa shape index (κ3) is 3.55. The predicted molar refractivity (Wildman–Crippen MR) is 75.3 cm³/mol. The maximum atomic E-state index is 5.15. The molecule has 0 radical (unpaired) electrons. The van der Waals surface area contributed by atoms with Crippen molar-refractivity contribution in [1.82, 2.24) is 10.3 Å². The van der Waals surface area contributed by atoms with E-state index in [0.29, 0.717) is 0 Å². The summed E-state index contributed by atoms with van der Waals surface area (Å²) >= 11 is 1.77. The molecular formula is C14H18N2OS. The molecule has 0 fully saturated rings. The summed E-state index contributed by atoms with van der Waals surface area (Å²) in [6.45, 7) is 4.02. The van der Waals surface area contributed by atoms with E-state index in [0.717, 1.165) is 30.3 Å². The number of nitrogens with one attached hydrogen (secondary N) is 1. The van der Waals surface area contributed by atoms with Gasteiger partial charge in [0.1, 0.15) is 5.75 Å². The van der Waals surface area contributed by atoms with Gasteiger partial charge in [0, 0.05) is 24.0 Å². The molecule has 1 N–H and O–H groups in total. The number of methoxy groups -OCH3 is 1. The number of thiazole rings is 1. The van der Waals surface area contributed by atoms with Crippen LogP contribution in [-0.2, 0) is 13.0 Å². The van der Waals surface area contributed by atoms with E-state index < -0.39 is 0 Å². The van der Waals surface area contributed by atoms with Crippen LogP contribution in [0, 0.1) is 0 Å². The summed E-state index contributed by atoms with van der Waals surface area (Å²) in [5.74, 6) is 0.894. The van der Waals surface area contributed by atoms with Crippen molar-refractivity contribution in [2.75, 3.05) is 13.7 Å². The standard InChI is InChI=1S/C14H18N2OS/c1-3-15-9-13-10-16-14(18-13)8-11-4-6-12(17-2)7-5-11/h4-7,10,15H,3,8-9H2,1-2H3. The van der Waals surface area contributed by atoms with E-state index in [9.17, 15) is 0 Å². The first-order valence-electron chi connectivity index (χ1n) is 6.09. The summed E-state index contributed by atoms with van der Waals surface area (Å²) < 4.78 is 5.15. The SMILES string of the molecule is CCNCc1cnc(Cc2ccc(OC)cc2)s1. The van der Waals surface area contributed by atoms with Crippen LogP contribution >= 0.6 is 11.3 Å². The van der Waals surface area contributed by atoms with Gasteiger partial charge in [-0.05, 0) is 24.2 Å². The highest BCUT2D eigenvalue weighted by Crippen LogP contribution is 2.18. The Morgan fingerprint density at radius 2 is 2.06 bits per heavy atom. The molecule has 0 unspecified atom stereocenters. The van der Waals surface area contributed by atoms with Gasteiger partial charge in [0.05, 0.1) is 12.1 Å². The topological polar surface area (TPSA) is 34.2 Å². The lowest BCUT2D eigenvalue weighted by molar-refractivity contribution is 0.414. The molecule has 4 heteroatoms. The lowest BCUT2D eigenvalue weighted by Gasteiger charge is -2.01. The molecule has 0 bridgehead atoms. The largest absolute Gasteiger partial charge is 0.497 e. The molecule has 0 aliphatic heterocycles. The van der Waals surface area contributed by atoms with Gasteiger partial charge in [-0.1, -0.05) is 19.1 Å². The van der Waals surface area contributed by atoms with Gasteiger partial charge in [-0.25, -0.2) is 4.98 Å². The first-order valence-corrected chi connectivity index (χ1v) is 6.90. The Bertz CT molecular complexity index is 479. The number of nitrogens with zero attached hydrogens (tertiary/aromatic N) is 1. The van der Waals surface area contributed by atoms with E-state index in [-0.39, 0.29) is 0 Å². The molecule has 0 saturated heterocycles. The van der Waals surface area contributed by atoms with Crippen LogP contribution in [0.4, 0.5) is 0 Å². The van der Waals surface area contributed by atoms with Crippen molar-refractivity contribution < 1.29 is 4.74 Å². The number of aromatic nitrogens is 1. The van der Waals surface area contributed by atoms with Crippen LogP contribution < -0.4 is 10.1 Å². The Labute approximate surface area is 112 Å². The fourth-order valence-electron chi connectivity index (χ4n) is 1.68. The van der Waals surface area contributed by atoms with Crippen LogP contribution in [0.2, 0.25) is 0 Å². The highest BCUT2D eigenvalue weighted by Gasteiger charge is 2.03. The van der Waals surface area contributed by atoms with Gasteiger partial charge < -0.3 is 10.1 Å². The third-order valence-electron chi connectivity index (χ3n) is 2.67. The van der Waals surface area contributed by atoms with Crippen LogP contribution in [0.3, 0.4) is 0 Å². The minimum absolute atomic E-state index is 0.890. The zero-order chi connectivity index (χ0) is 12.8. The van der Waals surface area contributed by atoms with Crippen LogP contribution in [0.25, 0.3) is 0 Å². The van der Waals surface area contributed by atoms with Crippen LogP contribution in [0.1, 0.15) is 22.4 Å². The fourth-order valence-corrected chi connectivity index (χ4v) is 2.60. The molecule has 0 amide bonds. The van der Waals surface area contributed by atoms with Crippen molar-refractivity contribution in [2.24, 2.45) is 0 Å². The van der Waals surface area contributed by atoms with Crippen molar-refractivity contribution in [2.45, 2.75) is 19.9 Å². The van der Waals surface area contributed by atoms with Crippen LogP contribution in [-0.4, -0.2) is 18.6 Å². The molecule has 2 rings (SSSR count). The van der Waals surface area contributed by atoms with Gasteiger partial charge in [0.25, 0.3) is 0 Å². The van der Waals surface area contributed by atoms with Gasteiger partial charge in [0.2, 0.25) is 0 Å². The van der Waals surface area contributed by atoms with Crippen molar-refractivity contribution in [3.63, 3.8) is 0 Å².